The van der Waals surface area contributed by atoms with Crippen molar-refractivity contribution in [2.75, 3.05) is 7.05 Å². The highest BCUT2D eigenvalue weighted by atomic mass is 16.2. The summed E-state index contributed by atoms with van der Waals surface area (Å²) >= 11 is 0. The molecule has 0 unspecified atom stereocenters. The lowest BCUT2D eigenvalue weighted by atomic mass is 10.0. The molecule has 114 valence electrons. The largest absolute Gasteiger partial charge is 0.342 e. The molecule has 0 atom stereocenters. The van der Waals surface area contributed by atoms with Crippen molar-refractivity contribution in [1.29, 1.82) is 0 Å². The number of fused-ring (bicyclic) bond motifs is 1. The molecule has 1 amide bonds. The molecule has 3 rings (SSSR count). The molecule has 21 heavy (non-hydrogen) atoms. The molecule has 1 aromatic rings. The smallest absolute Gasteiger partial charge is 0.226 e. The van der Waals surface area contributed by atoms with Crippen molar-refractivity contribution in [3.63, 3.8) is 0 Å². The van der Waals surface area contributed by atoms with Gasteiger partial charge in [-0.2, -0.15) is 0 Å². The molecule has 1 fully saturated rings. The van der Waals surface area contributed by atoms with Gasteiger partial charge in [-0.1, -0.05) is 43.9 Å². The van der Waals surface area contributed by atoms with Gasteiger partial charge in [-0.05, 0) is 48.8 Å². The first kappa shape index (κ1) is 14.6. The minimum Gasteiger partial charge on any atom is -0.342 e. The lowest BCUT2D eigenvalue weighted by molar-refractivity contribution is -0.131. The summed E-state index contributed by atoms with van der Waals surface area (Å²) in [5.74, 6) is 0.292. The number of hydrogen-bond donors (Lipinski definition) is 0. The fourth-order valence-electron chi connectivity index (χ4n) is 3.88. The Bertz CT molecular complexity index is 500. The highest BCUT2D eigenvalue weighted by molar-refractivity contribution is 5.79. The molecule has 2 aliphatic carbocycles. The minimum absolute atomic E-state index is 0.292. The van der Waals surface area contributed by atoms with Crippen LogP contribution in [0.25, 0.3) is 0 Å². The lowest BCUT2D eigenvalue weighted by Gasteiger charge is -2.27. The Balaban J connectivity index is 1.62. The zero-order valence-electron chi connectivity index (χ0n) is 13.2. The van der Waals surface area contributed by atoms with Crippen LogP contribution in [-0.4, -0.2) is 23.9 Å². The van der Waals surface area contributed by atoms with E-state index in [4.69, 9.17) is 0 Å². The van der Waals surface area contributed by atoms with Crippen LogP contribution >= 0.6 is 0 Å². The normalized spacial score (nSPS) is 19.1. The number of nitrogens with zero attached hydrogens (tertiary/aromatic N) is 1. The first-order chi connectivity index (χ1) is 10.2. The zero-order valence-corrected chi connectivity index (χ0v) is 13.2. The number of likely N-dealkylation sites (N-methyl/N-ethyl adjacent to an activating group) is 1. The van der Waals surface area contributed by atoms with Crippen molar-refractivity contribution in [2.45, 2.75) is 70.3 Å². The predicted octanol–water partition coefficient (Wildman–Crippen LogP) is 3.90. The Morgan fingerprint density at radius 2 is 1.76 bits per heavy atom. The molecular formula is C19H27NO. The van der Waals surface area contributed by atoms with Crippen molar-refractivity contribution >= 4 is 5.91 Å². The highest BCUT2D eigenvalue weighted by Gasteiger charge is 2.21. The van der Waals surface area contributed by atoms with Gasteiger partial charge >= 0.3 is 0 Å². The summed E-state index contributed by atoms with van der Waals surface area (Å²) in [6.45, 7) is 0. The van der Waals surface area contributed by atoms with Crippen LogP contribution in [0.4, 0.5) is 0 Å². The van der Waals surface area contributed by atoms with E-state index in [-0.39, 0.29) is 0 Å². The van der Waals surface area contributed by atoms with Gasteiger partial charge < -0.3 is 4.90 Å². The van der Waals surface area contributed by atoms with E-state index < -0.39 is 0 Å². The highest BCUT2D eigenvalue weighted by Crippen LogP contribution is 2.24. The number of amides is 1. The van der Waals surface area contributed by atoms with E-state index in [1.54, 1.807) is 0 Å². The Hall–Kier alpha value is -1.31. The summed E-state index contributed by atoms with van der Waals surface area (Å²) in [5, 5.41) is 0. The van der Waals surface area contributed by atoms with Crippen LogP contribution < -0.4 is 0 Å². The van der Waals surface area contributed by atoms with E-state index in [0.717, 1.165) is 0 Å². The number of carbonyl (C=O) groups is 1. The zero-order chi connectivity index (χ0) is 14.7. The molecule has 0 N–H and O–H groups in total. The Kier molecular flexibility index (Phi) is 4.62. The van der Waals surface area contributed by atoms with Gasteiger partial charge in [-0.25, -0.2) is 0 Å². The van der Waals surface area contributed by atoms with Crippen LogP contribution in [0.5, 0.6) is 0 Å². The van der Waals surface area contributed by atoms with Crippen LogP contribution in [0.2, 0.25) is 0 Å². The average Bonchev–Trinajstić information content (AvgIpc) is 2.78. The van der Waals surface area contributed by atoms with Crippen molar-refractivity contribution < 1.29 is 4.79 Å². The molecule has 1 saturated carbocycles. The third kappa shape index (κ3) is 3.48. The molecule has 2 heteroatoms. The van der Waals surface area contributed by atoms with E-state index in [9.17, 15) is 4.79 Å². The number of rotatable bonds is 3. The lowest BCUT2D eigenvalue weighted by Crippen LogP contribution is -2.37. The van der Waals surface area contributed by atoms with E-state index in [1.807, 2.05) is 11.9 Å². The maximum absolute atomic E-state index is 12.6. The summed E-state index contributed by atoms with van der Waals surface area (Å²) in [4.78, 5) is 14.6. The molecule has 1 aromatic carbocycles. The number of carbonyl (C=O) groups excluding carboxylic acids is 1. The molecule has 0 aliphatic heterocycles. The maximum atomic E-state index is 12.6. The predicted molar refractivity (Wildman–Crippen MR) is 86.4 cm³/mol. The minimum atomic E-state index is 0.292. The summed E-state index contributed by atoms with van der Waals surface area (Å²) in [5.41, 5.74) is 4.15. The van der Waals surface area contributed by atoms with Gasteiger partial charge in [0, 0.05) is 13.1 Å². The molecule has 0 aromatic heterocycles. The van der Waals surface area contributed by atoms with Crippen LogP contribution in [0, 0.1) is 0 Å². The van der Waals surface area contributed by atoms with Crippen LogP contribution in [0.3, 0.4) is 0 Å². The van der Waals surface area contributed by atoms with Gasteiger partial charge in [0.15, 0.2) is 0 Å². The van der Waals surface area contributed by atoms with Crippen molar-refractivity contribution in [3.8, 4) is 0 Å². The topological polar surface area (TPSA) is 20.3 Å². The molecule has 0 radical (unpaired) electrons. The summed E-state index contributed by atoms with van der Waals surface area (Å²) in [6.07, 6.45) is 11.9. The van der Waals surface area contributed by atoms with Gasteiger partial charge in [-0.3, -0.25) is 4.79 Å². The van der Waals surface area contributed by atoms with Gasteiger partial charge in [0.25, 0.3) is 0 Å². The number of hydrogen-bond acceptors (Lipinski definition) is 1. The number of benzene rings is 1. The van der Waals surface area contributed by atoms with Gasteiger partial charge in [0.2, 0.25) is 5.91 Å². The van der Waals surface area contributed by atoms with E-state index in [2.05, 4.69) is 18.2 Å². The van der Waals surface area contributed by atoms with Crippen molar-refractivity contribution in [1.82, 2.24) is 4.90 Å². The maximum Gasteiger partial charge on any atom is 0.226 e. The Labute approximate surface area is 128 Å². The third-order valence-electron chi connectivity index (χ3n) is 5.28. The van der Waals surface area contributed by atoms with E-state index in [1.165, 1.54) is 74.5 Å². The number of aryl methyl sites for hydroxylation is 2. The second-order valence-corrected chi connectivity index (χ2v) is 6.78. The molecule has 2 nitrogen and oxygen atoms in total. The molecular weight excluding hydrogens is 258 g/mol. The quantitative estimate of drug-likeness (QED) is 0.771. The fourth-order valence-corrected chi connectivity index (χ4v) is 3.88. The van der Waals surface area contributed by atoms with Gasteiger partial charge in [0.05, 0.1) is 6.42 Å². The average molecular weight is 285 g/mol. The van der Waals surface area contributed by atoms with Crippen LogP contribution in [-0.2, 0) is 24.1 Å². The second kappa shape index (κ2) is 6.64. The monoisotopic (exact) mass is 285 g/mol. The van der Waals surface area contributed by atoms with Gasteiger partial charge in [-0.15, -0.1) is 0 Å². The molecule has 0 saturated heterocycles. The molecule has 2 aliphatic rings. The van der Waals surface area contributed by atoms with Crippen molar-refractivity contribution in [3.05, 3.63) is 34.9 Å². The molecule has 0 bridgehead atoms. The van der Waals surface area contributed by atoms with E-state index >= 15 is 0 Å². The van der Waals surface area contributed by atoms with Gasteiger partial charge in [0.1, 0.15) is 0 Å². The summed E-state index contributed by atoms with van der Waals surface area (Å²) < 4.78 is 0. The standard InChI is InChI=1S/C19H27NO/c1-20(18-9-4-2-3-5-10-18)19(21)14-15-11-12-16-7-6-8-17(16)13-15/h11-13,18H,2-10,14H2,1H3. The van der Waals surface area contributed by atoms with Crippen molar-refractivity contribution in [2.24, 2.45) is 0 Å². The molecule has 0 heterocycles. The van der Waals surface area contributed by atoms with Crippen LogP contribution in [0.1, 0.15) is 61.6 Å². The summed E-state index contributed by atoms with van der Waals surface area (Å²) in [7, 11) is 2.01. The molecule has 0 spiro atoms. The third-order valence-corrected chi connectivity index (χ3v) is 5.28. The second-order valence-electron chi connectivity index (χ2n) is 6.78. The van der Waals surface area contributed by atoms with E-state index in [0.29, 0.717) is 18.4 Å². The first-order valence-electron chi connectivity index (χ1n) is 8.60. The SMILES string of the molecule is CN(C(=O)Cc1ccc2c(c1)CCC2)C1CCCCCC1. The Morgan fingerprint density at radius 1 is 1.05 bits per heavy atom. The summed E-state index contributed by atoms with van der Waals surface area (Å²) in [6, 6.07) is 7.12. The Morgan fingerprint density at radius 3 is 2.52 bits per heavy atom. The van der Waals surface area contributed by atoms with Crippen LogP contribution in [0.15, 0.2) is 18.2 Å². The fraction of sp³-hybridized carbons (Fsp3) is 0.632. The first-order valence-corrected chi connectivity index (χ1v) is 8.60.